The van der Waals surface area contributed by atoms with E-state index in [1.54, 1.807) is 24.3 Å². The molecular formula is C23H25F3N2O3S. The molecule has 5 nitrogen and oxygen atoms in total. The van der Waals surface area contributed by atoms with Gasteiger partial charge in [0.1, 0.15) is 5.75 Å². The Morgan fingerprint density at radius 3 is 2.38 bits per heavy atom. The molecule has 1 saturated carbocycles. The predicted molar refractivity (Wildman–Crippen MR) is 118 cm³/mol. The zero-order valence-corrected chi connectivity index (χ0v) is 18.2. The third-order valence-corrected chi connectivity index (χ3v) is 6.22. The molecule has 0 atom stereocenters. The number of thioether (sulfide) groups is 1. The molecule has 0 unspecified atom stereocenters. The van der Waals surface area contributed by atoms with Gasteiger partial charge in [0.25, 0.3) is 5.91 Å². The summed E-state index contributed by atoms with van der Waals surface area (Å²) in [4.78, 5) is 25.6. The molecule has 0 radical (unpaired) electrons. The largest absolute Gasteiger partial charge is 0.573 e. The van der Waals surface area contributed by atoms with Crippen molar-refractivity contribution in [3.8, 4) is 5.75 Å². The van der Waals surface area contributed by atoms with Crippen molar-refractivity contribution in [3.63, 3.8) is 0 Å². The van der Waals surface area contributed by atoms with Crippen LogP contribution in [0, 0.1) is 5.92 Å². The lowest BCUT2D eigenvalue weighted by molar-refractivity contribution is -0.274. The molecule has 172 valence electrons. The highest BCUT2D eigenvalue weighted by atomic mass is 32.2. The van der Waals surface area contributed by atoms with Gasteiger partial charge in [0, 0.05) is 17.1 Å². The van der Waals surface area contributed by atoms with Gasteiger partial charge < -0.3 is 15.4 Å². The van der Waals surface area contributed by atoms with Gasteiger partial charge in [-0.1, -0.05) is 31.4 Å². The van der Waals surface area contributed by atoms with Crippen molar-refractivity contribution in [1.82, 2.24) is 5.32 Å². The van der Waals surface area contributed by atoms with Crippen LogP contribution in [-0.4, -0.2) is 30.5 Å². The average molecular weight is 467 g/mol. The van der Waals surface area contributed by atoms with Crippen molar-refractivity contribution in [2.24, 2.45) is 5.92 Å². The number of hydrogen-bond donors (Lipinski definition) is 2. The third kappa shape index (κ3) is 7.78. The molecule has 2 aromatic rings. The number of nitrogens with one attached hydrogen (secondary N) is 2. The molecule has 0 bridgehead atoms. The lowest BCUT2D eigenvalue weighted by atomic mass is 9.89. The summed E-state index contributed by atoms with van der Waals surface area (Å²) in [6, 6.07) is 11.8. The van der Waals surface area contributed by atoms with E-state index >= 15 is 0 Å². The zero-order chi connectivity index (χ0) is 23.0. The highest BCUT2D eigenvalue weighted by Crippen LogP contribution is 2.26. The van der Waals surface area contributed by atoms with Crippen LogP contribution in [0.5, 0.6) is 5.75 Å². The number of carbonyl (C=O) groups is 2. The van der Waals surface area contributed by atoms with Gasteiger partial charge in [-0.2, -0.15) is 0 Å². The molecule has 32 heavy (non-hydrogen) atoms. The summed E-state index contributed by atoms with van der Waals surface area (Å²) >= 11 is 1.27. The first-order valence-corrected chi connectivity index (χ1v) is 11.4. The fraction of sp³-hybridized carbons (Fsp3) is 0.391. The first-order chi connectivity index (χ1) is 15.3. The van der Waals surface area contributed by atoms with Crippen molar-refractivity contribution in [3.05, 3.63) is 54.1 Å². The summed E-state index contributed by atoms with van der Waals surface area (Å²) < 4.78 is 40.6. The summed E-state index contributed by atoms with van der Waals surface area (Å²) in [7, 11) is 0. The molecule has 1 fully saturated rings. The Morgan fingerprint density at radius 2 is 1.69 bits per heavy atom. The zero-order valence-electron chi connectivity index (χ0n) is 17.4. The molecule has 0 aromatic heterocycles. The van der Waals surface area contributed by atoms with Crippen LogP contribution in [0.1, 0.15) is 42.5 Å². The van der Waals surface area contributed by atoms with E-state index in [0.29, 0.717) is 28.6 Å². The molecule has 1 aliphatic rings. The molecule has 2 N–H and O–H groups in total. The smallest absolute Gasteiger partial charge is 0.406 e. The molecule has 1 aliphatic carbocycles. The standard InChI is InChI=1S/C23H25F3N2O3S/c24-23(25,26)31-18-12-10-17(11-13-18)28-22(30)19-8-4-5-9-20(19)32-15-21(29)27-14-16-6-2-1-3-7-16/h4-5,8-13,16H,1-3,6-7,14-15H2,(H,27,29)(H,28,30). The Bertz CT molecular complexity index is 913. The molecular weight excluding hydrogens is 441 g/mol. The lowest BCUT2D eigenvalue weighted by Crippen LogP contribution is -2.31. The minimum absolute atomic E-state index is 0.0731. The fourth-order valence-corrected chi connectivity index (χ4v) is 4.44. The molecule has 0 saturated heterocycles. The summed E-state index contributed by atoms with van der Waals surface area (Å²) in [6.45, 7) is 0.690. The van der Waals surface area contributed by atoms with E-state index in [-0.39, 0.29) is 17.4 Å². The minimum Gasteiger partial charge on any atom is -0.406 e. The maximum atomic E-state index is 12.7. The highest BCUT2D eigenvalue weighted by molar-refractivity contribution is 8.00. The van der Waals surface area contributed by atoms with Crippen LogP contribution < -0.4 is 15.4 Å². The van der Waals surface area contributed by atoms with E-state index in [2.05, 4.69) is 15.4 Å². The lowest BCUT2D eigenvalue weighted by Gasteiger charge is -2.21. The van der Waals surface area contributed by atoms with Crippen molar-refractivity contribution in [2.45, 2.75) is 43.4 Å². The second-order valence-corrected chi connectivity index (χ2v) is 8.64. The number of amides is 2. The van der Waals surface area contributed by atoms with Crippen LogP contribution in [0.25, 0.3) is 0 Å². The van der Waals surface area contributed by atoms with Crippen molar-refractivity contribution < 1.29 is 27.5 Å². The Labute approximate surface area is 189 Å². The average Bonchev–Trinajstić information content (AvgIpc) is 2.77. The first kappa shape index (κ1) is 24.0. The van der Waals surface area contributed by atoms with Gasteiger partial charge in [0.2, 0.25) is 5.91 Å². The minimum atomic E-state index is -4.77. The highest BCUT2D eigenvalue weighted by Gasteiger charge is 2.31. The molecule has 9 heteroatoms. The number of anilines is 1. The maximum Gasteiger partial charge on any atom is 0.573 e. The number of hydrogen-bond acceptors (Lipinski definition) is 4. The Hall–Kier alpha value is -2.68. The number of carbonyl (C=O) groups excluding carboxylic acids is 2. The van der Waals surface area contributed by atoms with Crippen LogP contribution >= 0.6 is 11.8 Å². The van der Waals surface area contributed by atoms with Gasteiger partial charge in [0.15, 0.2) is 0 Å². The quantitative estimate of drug-likeness (QED) is 0.495. The number of benzene rings is 2. The fourth-order valence-electron chi connectivity index (χ4n) is 3.56. The number of alkyl halides is 3. The van der Waals surface area contributed by atoms with Crippen molar-refractivity contribution in [1.29, 1.82) is 0 Å². The molecule has 0 spiro atoms. The second kappa shape index (κ2) is 11.3. The molecule has 3 rings (SSSR count). The summed E-state index contributed by atoms with van der Waals surface area (Å²) in [5.41, 5.74) is 0.711. The van der Waals surface area contributed by atoms with Gasteiger partial charge >= 0.3 is 6.36 Å². The first-order valence-electron chi connectivity index (χ1n) is 10.5. The van der Waals surface area contributed by atoms with E-state index in [1.165, 1.54) is 43.2 Å². The van der Waals surface area contributed by atoms with Crippen LogP contribution in [0.3, 0.4) is 0 Å². The van der Waals surface area contributed by atoms with Gasteiger partial charge in [-0.3, -0.25) is 9.59 Å². The number of halogens is 3. The van der Waals surface area contributed by atoms with E-state index < -0.39 is 12.3 Å². The van der Waals surface area contributed by atoms with E-state index in [0.717, 1.165) is 25.0 Å². The monoisotopic (exact) mass is 466 g/mol. The van der Waals surface area contributed by atoms with E-state index in [9.17, 15) is 22.8 Å². The summed E-state index contributed by atoms with van der Waals surface area (Å²) in [5.74, 6) is -0.119. The molecule has 0 aliphatic heterocycles. The van der Waals surface area contributed by atoms with Crippen LogP contribution in [0.4, 0.5) is 18.9 Å². The van der Waals surface area contributed by atoms with Crippen LogP contribution in [0.2, 0.25) is 0 Å². The molecule has 2 aromatic carbocycles. The number of ether oxygens (including phenoxy) is 1. The van der Waals surface area contributed by atoms with E-state index in [1.807, 2.05) is 0 Å². The Balaban J connectivity index is 1.53. The van der Waals surface area contributed by atoms with Gasteiger partial charge in [-0.05, 0) is 55.2 Å². The summed E-state index contributed by atoms with van der Waals surface area (Å²) in [5, 5.41) is 5.64. The Kier molecular flexibility index (Phi) is 8.44. The molecule has 0 heterocycles. The third-order valence-electron chi connectivity index (χ3n) is 5.15. The van der Waals surface area contributed by atoms with Crippen molar-refractivity contribution >= 4 is 29.3 Å². The predicted octanol–water partition coefficient (Wildman–Crippen LogP) is 5.63. The topological polar surface area (TPSA) is 67.4 Å². The van der Waals surface area contributed by atoms with E-state index in [4.69, 9.17) is 0 Å². The molecule has 2 amide bonds. The van der Waals surface area contributed by atoms with Gasteiger partial charge in [-0.25, -0.2) is 0 Å². The van der Waals surface area contributed by atoms with Crippen molar-refractivity contribution in [2.75, 3.05) is 17.6 Å². The second-order valence-electron chi connectivity index (χ2n) is 7.62. The van der Waals surface area contributed by atoms with Gasteiger partial charge in [-0.15, -0.1) is 24.9 Å². The maximum absolute atomic E-state index is 12.7. The van der Waals surface area contributed by atoms with Crippen LogP contribution in [-0.2, 0) is 4.79 Å². The number of rotatable bonds is 8. The Morgan fingerprint density at radius 1 is 1.00 bits per heavy atom. The van der Waals surface area contributed by atoms with Gasteiger partial charge in [0.05, 0.1) is 11.3 Å². The van der Waals surface area contributed by atoms with Crippen LogP contribution in [0.15, 0.2) is 53.4 Å². The summed E-state index contributed by atoms with van der Waals surface area (Å²) in [6.07, 6.45) is 1.24. The normalized spacial score (nSPS) is 14.6. The SMILES string of the molecule is O=C(CSc1ccccc1C(=O)Nc1ccc(OC(F)(F)F)cc1)NCC1CCCCC1.